The first-order valence-electron chi connectivity index (χ1n) is 9.18. The highest BCUT2D eigenvalue weighted by molar-refractivity contribution is 9.10. The molecule has 1 aliphatic heterocycles. The van der Waals surface area contributed by atoms with Gasteiger partial charge in [0, 0.05) is 50.4 Å². The third-order valence-electron chi connectivity index (χ3n) is 5.04. The largest absolute Gasteiger partial charge is 0.493 e. The van der Waals surface area contributed by atoms with Gasteiger partial charge in [0.1, 0.15) is 0 Å². The molecular formula is C21H28BrN3O2. The van der Waals surface area contributed by atoms with Gasteiger partial charge in [-0.05, 0) is 35.4 Å². The summed E-state index contributed by atoms with van der Waals surface area (Å²) in [6.07, 6.45) is 0. The molecule has 1 aliphatic rings. The molecule has 0 saturated carbocycles. The first-order chi connectivity index (χ1) is 13.0. The first kappa shape index (κ1) is 20.0. The van der Waals surface area contributed by atoms with E-state index in [-0.39, 0.29) is 6.04 Å². The molecular weight excluding hydrogens is 406 g/mol. The predicted molar refractivity (Wildman–Crippen MR) is 114 cm³/mol. The molecule has 2 aromatic carbocycles. The quantitative estimate of drug-likeness (QED) is 0.753. The number of ether oxygens (including phenoxy) is 2. The van der Waals surface area contributed by atoms with Crippen LogP contribution in [0.15, 0.2) is 40.9 Å². The van der Waals surface area contributed by atoms with Crippen LogP contribution in [-0.4, -0.2) is 59.4 Å². The van der Waals surface area contributed by atoms with E-state index in [1.807, 2.05) is 6.07 Å². The third-order valence-corrected chi connectivity index (χ3v) is 5.73. The summed E-state index contributed by atoms with van der Waals surface area (Å²) >= 11 is 3.77. The maximum absolute atomic E-state index is 5.57. The van der Waals surface area contributed by atoms with Crippen molar-refractivity contribution >= 4 is 21.6 Å². The maximum Gasteiger partial charge on any atom is 0.161 e. The zero-order valence-electron chi connectivity index (χ0n) is 16.5. The van der Waals surface area contributed by atoms with Gasteiger partial charge in [-0.25, -0.2) is 0 Å². The van der Waals surface area contributed by atoms with Crippen LogP contribution in [0.1, 0.15) is 17.2 Å². The van der Waals surface area contributed by atoms with Crippen molar-refractivity contribution in [2.24, 2.45) is 0 Å². The summed E-state index contributed by atoms with van der Waals surface area (Å²) in [5, 5.41) is 3.45. The summed E-state index contributed by atoms with van der Waals surface area (Å²) in [5.74, 6) is 1.48. The average molecular weight is 434 g/mol. The Morgan fingerprint density at radius 3 is 2.15 bits per heavy atom. The molecule has 0 spiro atoms. The fourth-order valence-corrected chi connectivity index (χ4v) is 4.10. The van der Waals surface area contributed by atoms with Crippen molar-refractivity contribution in [2.75, 3.05) is 59.4 Å². The number of benzene rings is 2. The summed E-state index contributed by atoms with van der Waals surface area (Å²) in [4.78, 5) is 4.64. The number of hydrogen-bond acceptors (Lipinski definition) is 5. The highest BCUT2D eigenvalue weighted by Crippen LogP contribution is 2.40. The number of nitrogens with one attached hydrogen (secondary N) is 1. The minimum absolute atomic E-state index is 0.150. The van der Waals surface area contributed by atoms with E-state index in [2.05, 4.69) is 75.5 Å². The molecule has 0 aliphatic carbocycles. The lowest BCUT2D eigenvalue weighted by Gasteiger charge is -2.36. The van der Waals surface area contributed by atoms with E-state index in [0.717, 1.165) is 42.2 Å². The lowest BCUT2D eigenvalue weighted by Crippen LogP contribution is -2.45. The summed E-state index contributed by atoms with van der Waals surface area (Å²) in [7, 11) is 7.47. The van der Waals surface area contributed by atoms with Crippen LogP contribution in [0, 0.1) is 0 Å². The Balaban J connectivity index is 2.07. The molecule has 0 radical (unpaired) electrons. The van der Waals surface area contributed by atoms with Gasteiger partial charge in [-0.15, -0.1) is 0 Å². The van der Waals surface area contributed by atoms with Gasteiger partial charge >= 0.3 is 0 Å². The second-order valence-corrected chi connectivity index (χ2v) is 7.76. The van der Waals surface area contributed by atoms with E-state index in [1.165, 1.54) is 16.8 Å². The molecule has 1 unspecified atom stereocenters. The molecule has 1 saturated heterocycles. The number of halogens is 1. The van der Waals surface area contributed by atoms with Crippen molar-refractivity contribution in [3.8, 4) is 11.5 Å². The van der Waals surface area contributed by atoms with Crippen molar-refractivity contribution in [2.45, 2.75) is 6.04 Å². The Labute approximate surface area is 170 Å². The minimum Gasteiger partial charge on any atom is -0.493 e. The van der Waals surface area contributed by atoms with Crippen LogP contribution < -0.4 is 19.7 Å². The molecule has 1 heterocycles. The van der Waals surface area contributed by atoms with E-state index >= 15 is 0 Å². The summed E-state index contributed by atoms with van der Waals surface area (Å²) < 4.78 is 12.1. The molecule has 0 bridgehead atoms. The molecule has 6 heteroatoms. The Hall–Kier alpha value is -1.76. The van der Waals surface area contributed by atoms with E-state index < -0.39 is 0 Å². The zero-order valence-corrected chi connectivity index (χ0v) is 18.0. The van der Waals surface area contributed by atoms with E-state index in [9.17, 15) is 0 Å². The normalized spacial score (nSPS) is 16.0. The van der Waals surface area contributed by atoms with Gasteiger partial charge in [-0.3, -0.25) is 4.90 Å². The predicted octanol–water partition coefficient (Wildman–Crippen LogP) is 3.53. The zero-order chi connectivity index (χ0) is 19.4. The van der Waals surface area contributed by atoms with Gasteiger partial charge in [0.2, 0.25) is 0 Å². The SMILES string of the molecule is COc1cc(Br)c(C(c2ccc(N(C)C)cc2)N2CCNCC2)cc1OC. The van der Waals surface area contributed by atoms with Gasteiger partial charge in [-0.2, -0.15) is 0 Å². The number of piperazine rings is 1. The molecule has 0 amide bonds. The van der Waals surface area contributed by atoms with Gasteiger partial charge in [0.15, 0.2) is 11.5 Å². The summed E-state index contributed by atoms with van der Waals surface area (Å²) in [6, 6.07) is 13.1. The van der Waals surface area contributed by atoms with E-state index in [1.54, 1.807) is 14.2 Å². The molecule has 3 rings (SSSR count). The third kappa shape index (κ3) is 4.39. The molecule has 1 N–H and O–H groups in total. The van der Waals surface area contributed by atoms with Crippen LogP contribution in [0.25, 0.3) is 0 Å². The van der Waals surface area contributed by atoms with Crippen LogP contribution in [-0.2, 0) is 0 Å². The lowest BCUT2D eigenvalue weighted by atomic mass is 9.95. The Kier molecular flexibility index (Phi) is 6.63. The van der Waals surface area contributed by atoms with Gasteiger partial charge in [-0.1, -0.05) is 28.1 Å². The average Bonchev–Trinajstić information content (AvgIpc) is 2.70. The molecule has 2 aromatic rings. The number of nitrogens with zero attached hydrogens (tertiary/aromatic N) is 2. The Morgan fingerprint density at radius 1 is 1.00 bits per heavy atom. The number of rotatable bonds is 6. The highest BCUT2D eigenvalue weighted by atomic mass is 79.9. The summed E-state index contributed by atoms with van der Waals surface area (Å²) in [5.41, 5.74) is 3.66. The maximum atomic E-state index is 5.57. The lowest BCUT2D eigenvalue weighted by molar-refractivity contribution is 0.197. The second-order valence-electron chi connectivity index (χ2n) is 6.90. The highest BCUT2D eigenvalue weighted by Gasteiger charge is 2.27. The van der Waals surface area contributed by atoms with Crippen LogP contribution in [0.4, 0.5) is 5.69 Å². The smallest absolute Gasteiger partial charge is 0.161 e. The van der Waals surface area contributed by atoms with Gasteiger partial charge in [0.05, 0.1) is 20.3 Å². The second kappa shape index (κ2) is 8.95. The fraction of sp³-hybridized carbons (Fsp3) is 0.429. The van der Waals surface area contributed by atoms with E-state index in [4.69, 9.17) is 9.47 Å². The minimum atomic E-state index is 0.150. The molecule has 27 heavy (non-hydrogen) atoms. The van der Waals surface area contributed by atoms with Crippen LogP contribution in [0.3, 0.4) is 0 Å². The number of anilines is 1. The molecule has 1 fully saturated rings. The Morgan fingerprint density at radius 2 is 1.59 bits per heavy atom. The number of hydrogen-bond donors (Lipinski definition) is 1. The van der Waals surface area contributed by atoms with Crippen LogP contribution in [0.2, 0.25) is 0 Å². The molecule has 146 valence electrons. The molecule has 1 atom stereocenters. The summed E-state index contributed by atoms with van der Waals surface area (Å²) in [6.45, 7) is 4.00. The van der Waals surface area contributed by atoms with Crippen molar-refractivity contribution in [1.82, 2.24) is 10.2 Å². The number of methoxy groups -OCH3 is 2. The van der Waals surface area contributed by atoms with Gasteiger partial charge < -0.3 is 19.7 Å². The monoisotopic (exact) mass is 433 g/mol. The Bertz CT molecular complexity index is 759. The van der Waals surface area contributed by atoms with Crippen molar-refractivity contribution in [1.29, 1.82) is 0 Å². The standard InChI is InChI=1S/C21H28BrN3O2/c1-24(2)16-7-5-15(6-8-16)21(25-11-9-23-10-12-25)17-13-19(26-3)20(27-4)14-18(17)22/h5-8,13-14,21,23H,9-12H2,1-4H3. The van der Waals surface area contributed by atoms with Crippen LogP contribution >= 0.6 is 15.9 Å². The van der Waals surface area contributed by atoms with Crippen LogP contribution in [0.5, 0.6) is 11.5 Å². The van der Waals surface area contributed by atoms with Crippen molar-refractivity contribution < 1.29 is 9.47 Å². The van der Waals surface area contributed by atoms with Crippen molar-refractivity contribution in [3.63, 3.8) is 0 Å². The molecule has 5 nitrogen and oxygen atoms in total. The van der Waals surface area contributed by atoms with Gasteiger partial charge in [0.25, 0.3) is 0 Å². The first-order valence-corrected chi connectivity index (χ1v) is 9.98. The van der Waals surface area contributed by atoms with E-state index in [0.29, 0.717) is 0 Å². The molecule has 0 aromatic heterocycles. The van der Waals surface area contributed by atoms with Crippen molar-refractivity contribution in [3.05, 3.63) is 52.0 Å². The fourth-order valence-electron chi connectivity index (χ4n) is 3.56. The topological polar surface area (TPSA) is 37.0 Å².